The molecule has 0 aromatic rings. The number of unbranched alkanes of at least 4 members (excludes halogenated alkanes) is 5. The SMILES string of the molecule is C=C1C(=O)OC2C(=O)O[C@H](CCCCCCCC)[C@@H]12. The van der Waals surface area contributed by atoms with Gasteiger partial charge in [-0.25, -0.2) is 9.59 Å². The van der Waals surface area contributed by atoms with Crippen LogP contribution < -0.4 is 0 Å². The highest BCUT2D eigenvalue weighted by molar-refractivity contribution is 5.97. The topological polar surface area (TPSA) is 52.6 Å². The standard InChI is InChI=1S/C15H22O4/c1-3-4-5-6-7-8-9-11-12-10(2)14(16)19-13(12)15(17)18-11/h11-13H,2-9H2,1H3/t11-,12-,13?/m1/s1. The number of rotatable bonds is 7. The number of hydrogen-bond donors (Lipinski definition) is 0. The molecule has 2 aliphatic heterocycles. The lowest BCUT2D eigenvalue weighted by molar-refractivity contribution is -0.156. The Bertz CT molecular complexity index is 374. The average Bonchev–Trinajstić information content (AvgIpc) is 2.84. The fraction of sp³-hybridized carbons (Fsp3) is 0.733. The van der Waals surface area contributed by atoms with Crippen LogP contribution in [0, 0.1) is 5.92 Å². The van der Waals surface area contributed by atoms with E-state index in [1.54, 1.807) is 0 Å². The molecule has 0 saturated carbocycles. The summed E-state index contributed by atoms with van der Waals surface area (Å²) in [6.45, 7) is 5.92. The van der Waals surface area contributed by atoms with Crippen molar-refractivity contribution in [2.24, 2.45) is 5.92 Å². The Labute approximate surface area is 114 Å². The molecule has 2 saturated heterocycles. The lowest BCUT2D eigenvalue weighted by Crippen LogP contribution is -2.21. The molecule has 0 bridgehead atoms. The van der Waals surface area contributed by atoms with E-state index in [-0.39, 0.29) is 12.0 Å². The van der Waals surface area contributed by atoms with E-state index in [0.29, 0.717) is 5.57 Å². The third kappa shape index (κ3) is 2.99. The molecule has 0 amide bonds. The van der Waals surface area contributed by atoms with Crippen LogP contribution in [-0.4, -0.2) is 24.1 Å². The minimum absolute atomic E-state index is 0.220. The van der Waals surface area contributed by atoms with Gasteiger partial charge in [-0.2, -0.15) is 0 Å². The highest BCUT2D eigenvalue weighted by Crippen LogP contribution is 2.39. The van der Waals surface area contributed by atoms with E-state index < -0.39 is 18.0 Å². The first-order valence-electron chi connectivity index (χ1n) is 7.25. The molecule has 4 heteroatoms. The summed E-state index contributed by atoms with van der Waals surface area (Å²) in [7, 11) is 0. The first-order chi connectivity index (χ1) is 9.15. The van der Waals surface area contributed by atoms with E-state index in [1.165, 1.54) is 25.7 Å². The maximum Gasteiger partial charge on any atom is 0.348 e. The van der Waals surface area contributed by atoms with Crippen molar-refractivity contribution >= 4 is 11.9 Å². The van der Waals surface area contributed by atoms with Gasteiger partial charge in [-0.3, -0.25) is 0 Å². The van der Waals surface area contributed by atoms with Crippen molar-refractivity contribution in [2.45, 2.75) is 64.1 Å². The van der Waals surface area contributed by atoms with Gasteiger partial charge in [-0.05, 0) is 12.8 Å². The molecule has 1 unspecified atom stereocenters. The van der Waals surface area contributed by atoms with Crippen LogP contribution in [-0.2, 0) is 19.1 Å². The Morgan fingerprint density at radius 2 is 1.74 bits per heavy atom. The van der Waals surface area contributed by atoms with Crippen LogP contribution in [0.2, 0.25) is 0 Å². The molecule has 0 N–H and O–H groups in total. The molecular formula is C15H22O4. The lowest BCUT2D eigenvalue weighted by atomic mass is 9.90. The maximum absolute atomic E-state index is 11.6. The van der Waals surface area contributed by atoms with Crippen molar-refractivity contribution in [3.8, 4) is 0 Å². The third-order valence-electron chi connectivity index (χ3n) is 3.97. The van der Waals surface area contributed by atoms with E-state index in [2.05, 4.69) is 13.5 Å². The maximum atomic E-state index is 11.6. The Kier molecular flexibility index (Phi) is 4.61. The van der Waals surface area contributed by atoms with Crippen molar-refractivity contribution in [3.05, 3.63) is 12.2 Å². The molecule has 0 radical (unpaired) electrons. The molecule has 19 heavy (non-hydrogen) atoms. The molecule has 3 atom stereocenters. The molecular weight excluding hydrogens is 244 g/mol. The van der Waals surface area contributed by atoms with E-state index in [0.717, 1.165) is 19.3 Å². The number of ether oxygens (including phenoxy) is 2. The van der Waals surface area contributed by atoms with Crippen molar-refractivity contribution in [2.75, 3.05) is 0 Å². The molecule has 0 aliphatic carbocycles. The molecule has 2 aliphatic rings. The molecule has 2 rings (SSSR count). The second-order valence-corrected chi connectivity index (χ2v) is 5.41. The molecule has 0 spiro atoms. The van der Waals surface area contributed by atoms with Gasteiger partial charge in [-0.15, -0.1) is 0 Å². The van der Waals surface area contributed by atoms with Gasteiger partial charge < -0.3 is 9.47 Å². The second kappa shape index (κ2) is 6.22. The van der Waals surface area contributed by atoms with Crippen LogP contribution in [0.3, 0.4) is 0 Å². The summed E-state index contributed by atoms with van der Waals surface area (Å²) < 4.78 is 10.3. The zero-order valence-electron chi connectivity index (χ0n) is 11.5. The van der Waals surface area contributed by atoms with Gasteiger partial charge in [0.05, 0.1) is 5.92 Å². The van der Waals surface area contributed by atoms with Gasteiger partial charge in [0.1, 0.15) is 6.10 Å². The largest absolute Gasteiger partial charge is 0.459 e. The molecule has 0 aromatic carbocycles. The summed E-state index contributed by atoms with van der Waals surface area (Å²) in [5.41, 5.74) is 0.395. The Morgan fingerprint density at radius 1 is 1.05 bits per heavy atom. The number of esters is 2. The van der Waals surface area contributed by atoms with Crippen molar-refractivity contribution in [3.63, 3.8) is 0 Å². The van der Waals surface area contributed by atoms with Crippen LogP contribution >= 0.6 is 0 Å². The number of fused-ring (bicyclic) bond motifs is 1. The summed E-state index contributed by atoms with van der Waals surface area (Å²) in [5.74, 6) is -1.11. The monoisotopic (exact) mass is 266 g/mol. The number of cyclic esters (lactones) is 1. The summed E-state index contributed by atoms with van der Waals surface area (Å²) in [4.78, 5) is 23.0. The molecule has 2 fully saturated rings. The van der Waals surface area contributed by atoms with Gasteiger partial charge in [0, 0.05) is 5.57 Å². The van der Waals surface area contributed by atoms with Gasteiger partial charge >= 0.3 is 11.9 Å². The number of hydrogen-bond acceptors (Lipinski definition) is 4. The van der Waals surface area contributed by atoms with E-state index >= 15 is 0 Å². The summed E-state index contributed by atoms with van der Waals surface area (Å²) >= 11 is 0. The van der Waals surface area contributed by atoms with E-state index in [4.69, 9.17) is 9.47 Å². The molecule has 2 heterocycles. The van der Waals surface area contributed by atoms with Gasteiger partial charge in [0.15, 0.2) is 0 Å². The quantitative estimate of drug-likeness (QED) is 0.404. The Hall–Kier alpha value is -1.32. The lowest BCUT2D eigenvalue weighted by Gasteiger charge is -2.14. The fourth-order valence-corrected chi connectivity index (χ4v) is 2.85. The molecule has 4 nitrogen and oxygen atoms in total. The highest BCUT2D eigenvalue weighted by atomic mass is 16.6. The minimum Gasteiger partial charge on any atom is -0.459 e. The zero-order valence-corrected chi connectivity index (χ0v) is 11.5. The summed E-state index contributed by atoms with van der Waals surface area (Å²) in [5, 5.41) is 0. The Balaban J connectivity index is 1.76. The number of carbonyl (C=O) groups excluding carboxylic acids is 2. The van der Waals surface area contributed by atoms with Crippen LogP contribution in [0.25, 0.3) is 0 Å². The summed E-state index contributed by atoms with van der Waals surface area (Å²) in [6.07, 6.45) is 7.02. The Morgan fingerprint density at radius 3 is 2.47 bits per heavy atom. The van der Waals surface area contributed by atoms with E-state index in [1.807, 2.05) is 0 Å². The normalized spacial score (nSPS) is 29.3. The minimum atomic E-state index is -0.731. The van der Waals surface area contributed by atoms with Crippen molar-refractivity contribution < 1.29 is 19.1 Å². The van der Waals surface area contributed by atoms with Crippen molar-refractivity contribution in [1.29, 1.82) is 0 Å². The predicted molar refractivity (Wildman–Crippen MR) is 70.4 cm³/mol. The van der Waals surface area contributed by atoms with E-state index in [9.17, 15) is 9.59 Å². The van der Waals surface area contributed by atoms with Gasteiger partial charge in [0.2, 0.25) is 6.10 Å². The zero-order chi connectivity index (χ0) is 13.8. The van der Waals surface area contributed by atoms with Gasteiger partial charge in [-0.1, -0.05) is 45.6 Å². The first kappa shape index (κ1) is 14.1. The smallest absolute Gasteiger partial charge is 0.348 e. The van der Waals surface area contributed by atoms with Crippen molar-refractivity contribution in [1.82, 2.24) is 0 Å². The third-order valence-corrected chi connectivity index (χ3v) is 3.97. The van der Waals surface area contributed by atoms with Gasteiger partial charge in [0.25, 0.3) is 0 Å². The molecule has 106 valence electrons. The van der Waals surface area contributed by atoms with Crippen LogP contribution in [0.1, 0.15) is 51.9 Å². The number of carbonyl (C=O) groups is 2. The fourth-order valence-electron chi connectivity index (χ4n) is 2.85. The van der Waals surface area contributed by atoms with Crippen LogP contribution in [0.5, 0.6) is 0 Å². The first-order valence-corrected chi connectivity index (χ1v) is 7.25. The second-order valence-electron chi connectivity index (χ2n) is 5.41. The average molecular weight is 266 g/mol. The van der Waals surface area contributed by atoms with Crippen LogP contribution in [0.15, 0.2) is 12.2 Å². The molecule has 0 aromatic heterocycles. The summed E-state index contributed by atoms with van der Waals surface area (Å²) in [6, 6.07) is 0. The highest BCUT2D eigenvalue weighted by Gasteiger charge is 2.54. The predicted octanol–water partition coefficient (Wildman–Crippen LogP) is 2.76. The van der Waals surface area contributed by atoms with Crippen LogP contribution in [0.4, 0.5) is 0 Å².